The van der Waals surface area contributed by atoms with Crippen LogP contribution in [0.15, 0.2) is 36.5 Å². The number of benzene rings is 1. The lowest BCUT2D eigenvalue weighted by Crippen LogP contribution is -2.14. The van der Waals surface area contributed by atoms with E-state index in [0.717, 1.165) is 0 Å². The summed E-state index contributed by atoms with van der Waals surface area (Å²) in [7, 11) is 3.02. The molecule has 1 aromatic carbocycles. The van der Waals surface area contributed by atoms with E-state index < -0.39 is 0 Å². The Labute approximate surface area is 121 Å². The highest BCUT2D eigenvalue weighted by atomic mass is 35.5. The van der Waals surface area contributed by atoms with Crippen LogP contribution in [0, 0.1) is 0 Å². The van der Waals surface area contributed by atoms with Gasteiger partial charge >= 0.3 is 0 Å². The minimum atomic E-state index is -0.374. The molecular weight excluding hydrogens is 280 g/mol. The van der Waals surface area contributed by atoms with Crippen LogP contribution in [0.5, 0.6) is 11.5 Å². The van der Waals surface area contributed by atoms with Crippen molar-refractivity contribution in [2.24, 2.45) is 0 Å². The molecular formula is C14H13ClN2O3. The molecule has 6 heteroatoms. The van der Waals surface area contributed by atoms with Crippen LogP contribution in [0.25, 0.3) is 0 Å². The topological polar surface area (TPSA) is 60.5 Å². The molecule has 0 aliphatic carbocycles. The molecule has 1 heterocycles. The number of hydrogen-bond donors (Lipinski definition) is 1. The van der Waals surface area contributed by atoms with Gasteiger partial charge in [0.2, 0.25) is 0 Å². The first-order valence-electron chi connectivity index (χ1n) is 5.79. The van der Waals surface area contributed by atoms with Gasteiger partial charge in [-0.1, -0.05) is 11.6 Å². The lowest BCUT2D eigenvalue weighted by Gasteiger charge is -2.11. The summed E-state index contributed by atoms with van der Waals surface area (Å²) < 4.78 is 10.3. The average Bonchev–Trinajstić information content (AvgIpc) is 2.48. The number of rotatable bonds is 4. The fraction of sp³-hybridized carbons (Fsp3) is 0.143. The number of nitrogens with zero attached hydrogens (tertiary/aromatic N) is 1. The number of carbonyl (C=O) groups is 1. The molecule has 0 saturated carbocycles. The maximum absolute atomic E-state index is 12.3. The Morgan fingerprint density at radius 1 is 1.25 bits per heavy atom. The molecule has 0 aliphatic heterocycles. The summed E-state index contributed by atoms with van der Waals surface area (Å²) in [6, 6.07) is 8.29. The Kier molecular flexibility index (Phi) is 4.42. The number of nitrogens with one attached hydrogen (secondary N) is 1. The van der Waals surface area contributed by atoms with Crippen molar-refractivity contribution in [3.63, 3.8) is 0 Å². The summed E-state index contributed by atoms with van der Waals surface area (Å²) in [4.78, 5) is 16.3. The fourth-order valence-corrected chi connectivity index (χ4v) is 1.81. The van der Waals surface area contributed by atoms with E-state index in [2.05, 4.69) is 10.3 Å². The van der Waals surface area contributed by atoms with Crippen LogP contribution in [-0.2, 0) is 0 Å². The molecule has 1 N–H and O–H groups in total. The predicted octanol–water partition coefficient (Wildman–Crippen LogP) is 3.00. The van der Waals surface area contributed by atoms with E-state index in [1.807, 2.05) is 0 Å². The number of halogens is 1. The number of anilines is 1. The van der Waals surface area contributed by atoms with E-state index in [4.69, 9.17) is 21.1 Å². The van der Waals surface area contributed by atoms with Gasteiger partial charge in [0.1, 0.15) is 11.5 Å². The molecule has 2 aromatic rings. The molecule has 0 saturated heterocycles. The number of aromatic nitrogens is 1. The van der Waals surface area contributed by atoms with Gasteiger partial charge in [-0.15, -0.1) is 0 Å². The molecule has 0 bridgehead atoms. The van der Waals surface area contributed by atoms with Crippen LogP contribution < -0.4 is 14.8 Å². The van der Waals surface area contributed by atoms with Gasteiger partial charge < -0.3 is 14.8 Å². The van der Waals surface area contributed by atoms with Crippen molar-refractivity contribution >= 4 is 23.3 Å². The predicted molar refractivity (Wildman–Crippen MR) is 76.7 cm³/mol. The molecule has 2 rings (SSSR count). The normalized spacial score (nSPS) is 9.95. The Balaban J connectivity index is 2.31. The first-order chi connectivity index (χ1) is 9.65. The molecule has 0 spiro atoms. The van der Waals surface area contributed by atoms with Gasteiger partial charge in [-0.2, -0.15) is 0 Å². The molecule has 0 unspecified atom stereocenters. The van der Waals surface area contributed by atoms with Gasteiger partial charge in [-0.25, -0.2) is 4.98 Å². The monoisotopic (exact) mass is 292 g/mol. The van der Waals surface area contributed by atoms with Gasteiger partial charge in [0.25, 0.3) is 5.91 Å². The summed E-state index contributed by atoms with van der Waals surface area (Å²) in [5, 5.41) is 3.00. The van der Waals surface area contributed by atoms with Crippen molar-refractivity contribution in [1.29, 1.82) is 0 Å². The summed E-state index contributed by atoms with van der Waals surface area (Å²) in [5.41, 5.74) is 0.341. The standard InChI is InChI=1S/C14H13ClN2O3/c1-19-9-5-6-12(20-2)10(8-9)14(18)17-13-11(15)4-3-7-16-13/h3-8H,1-2H3,(H,16,17,18). The van der Waals surface area contributed by atoms with E-state index in [-0.39, 0.29) is 5.91 Å². The van der Waals surface area contributed by atoms with E-state index in [9.17, 15) is 4.79 Å². The maximum Gasteiger partial charge on any atom is 0.260 e. The second-order valence-corrected chi connectivity index (χ2v) is 4.26. The van der Waals surface area contributed by atoms with Crippen molar-refractivity contribution < 1.29 is 14.3 Å². The third-order valence-electron chi connectivity index (χ3n) is 2.64. The Morgan fingerprint density at radius 3 is 2.70 bits per heavy atom. The minimum absolute atomic E-state index is 0.295. The Morgan fingerprint density at radius 2 is 2.05 bits per heavy atom. The van der Waals surface area contributed by atoms with Crippen LogP contribution >= 0.6 is 11.6 Å². The summed E-state index contributed by atoms with van der Waals surface area (Å²) in [6.07, 6.45) is 1.55. The van der Waals surface area contributed by atoms with Gasteiger partial charge in [0.05, 0.1) is 24.8 Å². The van der Waals surface area contributed by atoms with Gasteiger partial charge in [-0.3, -0.25) is 4.79 Å². The highest BCUT2D eigenvalue weighted by Crippen LogP contribution is 2.26. The largest absolute Gasteiger partial charge is 0.497 e. The highest BCUT2D eigenvalue weighted by molar-refractivity contribution is 6.33. The van der Waals surface area contributed by atoms with Crippen molar-refractivity contribution in [2.45, 2.75) is 0 Å². The van der Waals surface area contributed by atoms with E-state index >= 15 is 0 Å². The fourth-order valence-electron chi connectivity index (χ4n) is 1.64. The van der Waals surface area contributed by atoms with Crippen molar-refractivity contribution in [3.05, 3.63) is 47.1 Å². The quantitative estimate of drug-likeness (QED) is 0.941. The van der Waals surface area contributed by atoms with Gasteiger partial charge in [0.15, 0.2) is 5.82 Å². The second-order valence-electron chi connectivity index (χ2n) is 3.85. The van der Waals surface area contributed by atoms with E-state index in [1.54, 1.807) is 36.5 Å². The first-order valence-corrected chi connectivity index (χ1v) is 6.17. The zero-order valence-corrected chi connectivity index (χ0v) is 11.8. The lowest BCUT2D eigenvalue weighted by atomic mass is 10.1. The van der Waals surface area contributed by atoms with Crippen LogP contribution in [0.3, 0.4) is 0 Å². The van der Waals surface area contributed by atoms with Crippen LogP contribution in [0.4, 0.5) is 5.82 Å². The summed E-state index contributed by atoms with van der Waals surface area (Å²) in [6.45, 7) is 0. The zero-order chi connectivity index (χ0) is 14.5. The van der Waals surface area contributed by atoms with Crippen molar-refractivity contribution in [3.8, 4) is 11.5 Å². The average molecular weight is 293 g/mol. The first kappa shape index (κ1) is 14.1. The van der Waals surface area contributed by atoms with Gasteiger partial charge in [-0.05, 0) is 30.3 Å². The van der Waals surface area contributed by atoms with Crippen LogP contribution in [0.2, 0.25) is 5.02 Å². The highest BCUT2D eigenvalue weighted by Gasteiger charge is 2.15. The smallest absolute Gasteiger partial charge is 0.260 e. The van der Waals surface area contributed by atoms with Gasteiger partial charge in [0, 0.05) is 6.20 Å². The summed E-state index contributed by atoms with van der Waals surface area (Å²) >= 11 is 5.95. The third kappa shape index (κ3) is 3.00. The minimum Gasteiger partial charge on any atom is -0.497 e. The van der Waals surface area contributed by atoms with Crippen molar-refractivity contribution in [2.75, 3.05) is 19.5 Å². The number of hydrogen-bond acceptors (Lipinski definition) is 4. The molecule has 20 heavy (non-hydrogen) atoms. The van der Waals surface area contributed by atoms with Crippen LogP contribution in [0.1, 0.15) is 10.4 Å². The molecule has 1 amide bonds. The molecule has 0 radical (unpaired) electrons. The number of methoxy groups -OCH3 is 2. The lowest BCUT2D eigenvalue weighted by molar-refractivity contribution is 0.102. The van der Waals surface area contributed by atoms with E-state index in [0.29, 0.717) is 27.9 Å². The third-order valence-corrected chi connectivity index (χ3v) is 2.95. The maximum atomic E-state index is 12.3. The second kappa shape index (κ2) is 6.25. The number of pyridine rings is 1. The molecule has 0 atom stereocenters. The molecule has 104 valence electrons. The molecule has 0 fully saturated rings. The summed E-state index contributed by atoms with van der Waals surface area (Å²) in [5.74, 6) is 0.920. The zero-order valence-electron chi connectivity index (χ0n) is 11.0. The number of ether oxygens (including phenoxy) is 2. The number of amides is 1. The van der Waals surface area contributed by atoms with Crippen LogP contribution in [-0.4, -0.2) is 25.1 Å². The molecule has 1 aromatic heterocycles. The van der Waals surface area contributed by atoms with E-state index in [1.165, 1.54) is 14.2 Å². The molecule has 0 aliphatic rings. The Bertz CT molecular complexity index is 632. The SMILES string of the molecule is COc1ccc(OC)c(C(=O)Nc2ncccc2Cl)c1. The Hall–Kier alpha value is -2.27. The number of carbonyl (C=O) groups excluding carboxylic acids is 1. The molecule has 5 nitrogen and oxygen atoms in total. The van der Waals surface area contributed by atoms with Crippen molar-refractivity contribution in [1.82, 2.24) is 4.98 Å².